The minimum absolute atomic E-state index is 0.784. The third-order valence-electron chi connectivity index (χ3n) is 1.99. The Balaban J connectivity index is 2.63. The molecule has 0 fully saturated rings. The summed E-state index contributed by atoms with van der Waals surface area (Å²) in [4.78, 5) is 8.48. The number of aryl methyl sites for hydroxylation is 2. The summed E-state index contributed by atoms with van der Waals surface area (Å²) in [6, 6.07) is 1.94. The van der Waals surface area contributed by atoms with E-state index in [2.05, 4.69) is 28.8 Å². The zero-order valence-electron chi connectivity index (χ0n) is 9.09. The number of aromatic nitrogens is 2. The minimum atomic E-state index is 0.784. The molecule has 0 aliphatic carbocycles. The minimum Gasteiger partial charge on any atom is -0.366 e. The lowest BCUT2D eigenvalue weighted by Gasteiger charge is -2.07. The Kier molecular flexibility index (Phi) is 3.63. The fraction of sp³-hybridized carbons (Fsp3) is 0.455. The molecule has 0 aliphatic rings. The number of hydrogen-bond donors (Lipinski definition) is 1. The van der Waals surface area contributed by atoms with Crippen molar-refractivity contribution < 1.29 is 0 Å². The van der Waals surface area contributed by atoms with Gasteiger partial charge in [0, 0.05) is 18.3 Å². The van der Waals surface area contributed by atoms with Gasteiger partial charge in [0.25, 0.3) is 0 Å². The van der Waals surface area contributed by atoms with Crippen LogP contribution in [0.25, 0.3) is 0 Å². The molecule has 0 aromatic carbocycles. The van der Waals surface area contributed by atoms with Gasteiger partial charge in [-0.2, -0.15) is 0 Å². The summed E-state index contributed by atoms with van der Waals surface area (Å²) in [5, 5.41) is 3.23. The molecule has 14 heavy (non-hydrogen) atoms. The Morgan fingerprint density at radius 2 is 2.14 bits per heavy atom. The van der Waals surface area contributed by atoms with Gasteiger partial charge in [-0.3, -0.25) is 0 Å². The Bertz CT molecular complexity index is 311. The molecule has 0 saturated carbocycles. The van der Waals surface area contributed by atoms with E-state index >= 15 is 0 Å². The van der Waals surface area contributed by atoms with Crippen LogP contribution in [0.5, 0.6) is 0 Å². The highest BCUT2D eigenvalue weighted by Gasteiger charge is 1.98. The van der Waals surface area contributed by atoms with Gasteiger partial charge in [-0.05, 0) is 20.3 Å². The molecule has 0 radical (unpaired) electrons. The molecule has 0 unspecified atom stereocenters. The van der Waals surface area contributed by atoms with Crippen molar-refractivity contribution in [2.24, 2.45) is 0 Å². The fourth-order valence-electron chi connectivity index (χ4n) is 1.15. The van der Waals surface area contributed by atoms with E-state index in [1.165, 1.54) is 5.57 Å². The highest BCUT2D eigenvalue weighted by Crippen LogP contribution is 2.06. The second kappa shape index (κ2) is 4.74. The molecule has 1 aromatic rings. The number of nitrogens with zero attached hydrogens (tertiary/aromatic N) is 2. The summed E-state index contributed by atoms with van der Waals surface area (Å²) < 4.78 is 0. The predicted molar refractivity (Wildman–Crippen MR) is 59.4 cm³/mol. The lowest BCUT2D eigenvalue weighted by Crippen LogP contribution is -2.06. The molecule has 1 rings (SSSR count). The largest absolute Gasteiger partial charge is 0.366 e. The summed E-state index contributed by atoms with van der Waals surface area (Å²) in [6.45, 7) is 10.7. The van der Waals surface area contributed by atoms with Crippen LogP contribution in [0, 0.1) is 13.8 Å². The molecule has 0 atom stereocenters. The van der Waals surface area contributed by atoms with Crippen molar-refractivity contribution in [1.82, 2.24) is 9.97 Å². The third-order valence-corrected chi connectivity index (χ3v) is 1.99. The SMILES string of the molecule is C=C(CC)CNc1cc(C)nc(C)n1. The first-order chi connectivity index (χ1) is 6.61. The summed E-state index contributed by atoms with van der Waals surface area (Å²) in [7, 11) is 0. The summed E-state index contributed by atoms with van der Waals surface area (Å²) in [6.07, 6.45) is 0.996. The maximum atomic E-state index is 4.28. The molecule has 0 spiro atoms. The zero-order chi connectivity index (χ0) is 10.6. The van der Waals surface area contributed by atoms with Crippen LogP contribution in [0.15, 0.2) is 18.2 Å². The lowest BCUT2D eigenvalue weighted by atomic mass is 10.2. The van der Waals surface area contributed by atoms with Crippen molar-refractivity contribution in [2.75, 3.05) is 11.9 Å². The number of anilines is 1. The van der Waals surface area contributed by atoms with Gasteiger partial charge in [0.1, 0.15) is 11.6 Å². The summed E-state index contributed by atoms with van der Waals surface area (Å²) >= 11 is 0. The fourth-order valence-corrected chi connectivity index (χ4v) is 1.15. The van der Waals surface area contributed by atoms with Gasteiger partial charge in [-0.1, -0.05) is 19.1 Å². The van der Waals surface area contributed by atoms with Crippen molar-refractivity contribution in [2.45, 2.75) is 27.2 Å². The monoisotopic (exact) mass is 191 g/mol. The van der Waals surface area contributed by atoms with E-state index < -0.39 is 0 Å². The van der Waals surface area contributed by atoms with E-state index in [-0.39, 0.29) is 0 Å². The number of rotatable bonds is 4. The predicted octanol–water partition coefficient (Wildman–Crippen LogP) is 2.47. The Hall–Kier alpha value is -1.38. The maximum Gasteiger partial charge on any atom is 0.130 e. The van der Waals surface area contributed by atoms with Crippen LogP contribution in [0.3, 0.4) is 0 Å². The second-order valence-corrected chi connectivity index (χ2v) is 3.40. The number of nitrogens with one attached hydrogen (secondary N) is 1. The van der Waals surface area contributed by atoms with Gasteiger partial charge in [0.2, 0.25) is 0 Å². The van der Waals surface area contributed by atoms with E-state index in [0.29, 0.717) is 0 Å². The van der Waals surface area contributed by atoms with Crippen LogP contribution in [-0.4, -0.2) is 16.5 Å². The first-order valence-electron chi connectivity index (χ1n) is 4.84. The van der Waals surface area contributed by atoms with E-state index in [9.17, 15) is 0 Å². The van der Waals surface area contributed by atoms with Gasteiger partial charge in [-0.15, -0.1) is 0 Å². The van der Waals surface area contributed by atoms with Crippen LogP contribution in [0.1, 0.15) is 24.9 Å². The van der Waals surface area contributed by atoms with Crippen molar-refractivity contribution in [3.8, 4) is 0 Å². The standard InChI is InChI=1S/C11H17N3/c1-5-8(2)7-12-11-6-9(3)13-10(4)14-11/h6H,2,5,7H2,1,3-4H3,(H,12,13,14). The van der Waals surface area contributed by atoms with Gasteiger partial charge < -0.3 is 5.32 Å². The van der Waals surface area contributed by atoms with Gasteiger partial charge in [0.15, 0.2) is 0 Å². The molecule has 76 valence electrons. The zero-order valence-corrected chi connectivity index (χ0v) is 9.09. The highest BCUT2D eigenvalue weighted by molar-refractivity contribution is 5.37. The molecule has 3 nitrogen and oxygen atoms in total. The Morgan fingerprint density at radius 3 is 2.71 bits per heavy atom. The summed E-state index contributed by atoms with van der Waals surface area (Å²) in [5.41, 5.74) is 2.17. The molecule has 1 aromatic heterocycles. The van der Waals surface area contributed by atoms with Crippen LogP contribution in [-0.2, 0) is 0 Å². The topological polar surface area (TPSA) is 37.8 Å². The highest BCUT2D eigenvalue weighted by atomic mass is 15.0. The maximum absolute atomic E-state index is 4.28. The van der Waals surface area contributed by atoms with Crippen molar-refractivity contribution >= 4 is 5.82 Å². The van der Waals surface area contributed by atoms with Crippen LogP contribution < -0.4 is 5.32 Å². The Labute approximate surface area is 85.3 Å². The molecule has 0 saturated heterocycles. The lowest BCUT2D eigenvalue weighted by molar-refractivity contribution is 0.987. The van der Waals surface area contributed by atoms with Crippen molar-refractivity contribution in [1.29, 1.82) is 0 Å². The average molecular weight is 191 g/mol. The van der Waals surface area contributed by atoms with Crippen molar-refractivity contribution in [3.63, 3.8) is 0 Å². The molecule has 3 heteroatoms. The molecular formula is C11H17N3. The second-order valence-electron chi connectivity index (χ2n) is 3.40. The molecular weight excluding hydrogens is 174 g/mol. The van der Waals surface area contributed by atoms with Gasteiger partial charge >= 0.3 is 0 Å². The first kappa shape index (κ1) is 10.7. The first-order valence-corrected chi connectivity index (χ1v) is 4.84. The molecule has 0 amide bonds. The van der Waals surface area contributed by atoms with Crippen LogP contribution >= 0.6 is 0 Å². The molecule has 1 heterocycles. The Morgan fingerprint density at radius 1 is 1.43 bits per heavy atom. The van der Waals surface area contributed by atoms with Gasteiger partial charge in [0.05, 0.1) is 0 Å². The van der Waals surface area contributed by atoms with E-state index in [0.717, 1.165) is 30.3 Å². The van der Waals surface area contributed by atoms with E-state index in [1.54, 1.807) is 0 Å². The third kappa shape index (κ3) is 3.17. The smallest absolute Gasteiger partial charge is 0.130 e. The number of hydrogen-bond acceptors (Lipinski definition) is 3. The average Bonchev–Trinajstić information content (AvgIpc) is 2.12. The van der Waals surface area contributed by atoms with Crippen molar-refractivity contribution in [3.05, 3.63) is 29.7 Å². The van der Waals surface area contributed by atoms with E-state index in [1.807, 2.05) is 19.9 Å². The molecule has 1 N–H and O–H groups in total. The summed E-state index contributed by atoms with van der Waals surface area (Å²) in [5.74, 6) is 1.68. The van der Waals surface area contributed by atoms with E-state index in [4.69, 9.17) is 0 Å². The normalized spacial score (nSPS) is 9.93. The molecule has 0 aliphatic heterocycles. The van der Waals surface area contributed by atoms with Gasteiger partial charge in [-0.25, -0.2) is 9.97 Å². The quantitative estimate of drug-likeness (QED) is 0.743. The van der Waals surface area contributed by atoms with Crippen LogP contribution in [0.4, 0.5) is 5.82 Å². The van der Waals surface area contributed by atoms with Crippen LogP contribution in [0.2, 0.25) is 0 Å². The molecule has 0 bridgehead atoms.